The van der Waals surface area contributed by atoms with Crippen LogP contribution in [0.1, 0.15) is 19.3 Å². The van der Waals surface area contributed by atoms with Gasteiger partial charge in [-0.1, -0.05) is 42.1 Å². The molecule has 2 aromatic carbocycles. The van der Waals surface area contributed by atoms with Gasteiger partial charge in [0.05, 0.1) is 18.6 Å². The third-order valence-corrected chi connectivity index (χ3v) is 7.04. The molecule has 0 radical (unpaired) electrons. The molecule has 5 rings (SSSR count). The molecule has 0 aliphatic carbocycles. The zero-order valence-electron chi connectivity index (χ0n) is 19.0. The Morgan fingerprint density at radius 1 is 1.06 bits per heavy atom. The summed E-state index contributed by atoms with van der Waals surface area (Å²) in [6.07, 6.45) is 5.07. The molecular formula is C26H26N4O3S. The van der Waals surface area contributed by atoms with Crippen LogP contribution >= 0.6 is 11.8 Å². The molecule has 1 N–H and O–H groups in total. The summed E-state index contributed by atoms with van der Waals surface area (Å²) in [5.41, 5.74) is 3.34. The van der Waals surface area contributed by atoms with Crippen molar-refractivity contribution >= 4 is 28.7 Å². The van der Waals surface area contributed by atoms with E-state index in [-0.39, 0.29) is 17.2 Å². The lowest BCUT2D eigenvalue weighted by molar-refractivity contribution is -0.129. The summed E-state index contributed by atoms with van der Waals surface area (Å²) in [7, 11) is 1.60. The Morgan fingerprint density at radius 3 is 2.50 bits per heavy atom. The van der Waals surface area contributed by atoms with Crippen molar-refractivity contribution in [3.63, 3.8) is 0 Å². The highest BCUT2D eigenvalue weighted by atomic mass is 32.2. The van der Waals surface area contributed by atoms with Crippen LogP contribution in [0, 0.1) is 0 Å². The standard InChI is InChI=1S/C26H26N4O3S/c1-33-20-12-10-19(11-13-20)30-25(32)24-23(21(16-27-24)18-8-4-2-5-9-18)28-26(30)34-17-22(31)29-14-6-3-7-15-29/h2,4-5,8-13,16,27H,3,6-7,14-15,17H2,1H3. The highest BCUT2D eigenvalue weighted by Crippen LogP contribution is 2.29. The van der Waals surface area contributed by atoms with Gasteiger partial charge in [0.2, 0.25) is 5.91 Å². The molecule has 0 unspecified atom stereocenters. The van der Waals surface area contributed by atoms with E-state index in [4.69, 9.17) is 9.72 Å². The van der Waals surface area contributed by atoms with E-state index in [1.54, 1.807) is 11.7 Å². The molecular weight excluding hydrogens is 448 g/mol. The van der Waals surface area contributed by atoms with Gasteiger partial charge in [-0.15, -0.1) is 0 Å². The van der Waals surface area contributed by atoms with Gasteiger partial charge in [-0.2, -0.15) is 0 Å². The molecule has 0 bridgehead atoms. The molecule has 1 saturated heterocycles. The zero-order valence-corrected chi connectivity index (χ0v) is 19.8. The van der Waals surface area contributed by atoms with E-state index >= 15 is 0 Å². The van der Waals surface area contributed by atoms with Gasteiger partial charge in [0.1, 0.15) is 16.8 Å². The van der Waals surface area contributed by atoms with Crippen LogP contribution < -0.4 is 10.3 Å². The van der Waals surface area contributed by atoms with Gasteiger partial charge in [-0.05, 0) is 49.1 Å². The summed E-state index contributed by atoms with van der Waals surface area (Å²) in [5.74, 6) is 1.02. The summed E-state index contributed by atoms with van der Waals surface area (Å²) < 4.78 is 6.84. The molecule has 1 aliphatic rings. The van der Waals surface area contributed by atoms with E-state index in [0.717, 1.165) is 37.1 Å². The maximum absolute atomic E-state index is 13.6. The Labute approximate surface area is 201 Å². The zero-order chi connectivity index (χ0) is 23.5. The Hall–Kier alpha value is -3.52. The van der Waals surface area contributed by atoms with Gasteiger partial charge in [0.15, 0.2) is 5.16 Å². The smallest absolute Gasteiger partial charge is 0.283 e. The molecule has 34 heavy (non-hydrogen) atoms. The van der Waals surface area contributed by atoms with Crippen LogP contribution in [-0.4, -0.2) is 51.3 Å². The molecule has 0 saturated carbocycles. The van der Waals surface area contributed by atoms with E-state index in [1.807, 2.05) is 65.7 Å². The molecule has 1 amide bonds. The van der Waals surface area contributed by atoms with Crippen LogP contribution in [0.25, 0.3) is 27.8 Å². The Bertz CT molecular complexity index is 1360. The van der Waals surface area contributed by atoms with E-state index in [0.29, 0.717) is 27.6 Å². The molecule has 0 atom stereocenters. The fourth-order valence-corrected chi connectivity index (χ4v) is 5.20. The molecule has 174 valence electrons. The number of aromatic nitrogens is 3. The summed E-state index contributed by atoms with van der Waals surface area (Å²) in [6, 6.07) is 17.1. The molecule has 8 heteroatoms. The monoisotopic (exact) mass is 474 g/mol. The van der Waals surface area contributed by atoms with Gasteiger partial charge in [-0.3, -0.25) is 14.2 Å². The molecule has 1 aliphatic heterocycles. The third kappa shape index (κ3) is 4.33. The van der Waals surface area contributed by atoms with Gasteiger partial charge in [-0.25, -0.2) is 4.98 Å². The lowest BCUT2D eigenvalue weighted by Crippen LogP contribution is -2.36. The van der Waals surface area contributed by atoms with Gasteiger partial charge >= 0.3 is 0 Å². The summed E-state index contributed by atoms with van der Waals surface area (Å²) in [4.78, 5) is 36.4. The van der Waals surface area contributed by atoms with Crippen LogP contribution in [0.2, 0.25) is 0 Å². The van der Waals surface area contributed by atoms with Crippen molar-refractivity contribution in [2.45, 2.75) is 24.4 Å². The first-order valence-corrected chi connectivity index (χ1v) is 12.4. The number of carbonyl (C=O) groups excluding carboxylic acids is 1. The number of nitrogens with one attached hydrogen (secondary N) is 1. The van der Waals surface area contributed by atoms with Crippen LogP contribution in [0.5, 0.6) is 5.75 Å². The second-order valence-electron chi connectivity index (χ2n) is 8.26. The third-order valence-electron chi connectivity index (χ3n) is 6.12. The number of benzene rings is 2. The number of thioether (sulfide) groups is 1. The van der Waals surface area contributed by atoms with Gasteiger partial charge < -0.3 is 14.6 Å². The quantitative estimate of drug-likeness (QED) is 0.329. The number of nitrogens with zero attached hydrogens (tertiary/aromatic N) is 3. The second-order valence-corrected chi connectivity index (χ2v) is 9.20. The van der Waals surface area contributed by atoms with Crippen molar-refractivity contribution in [2.75, 3.05) is 26.0 Å². The van der Waals surface area contributed by atoms with E-state index < -0.39 is 0 Å². The fourth-order valence-electron chi connectivity index (χ4n) is 4.29. The number of ether oxygens (including phenoxy) is 1. The topological polar surface area (TPSA) is 80.2 Å². The number of hydrogen-bond acceptors (Lipinski definition) is 5. The molecule has 4 aromatic rings. The Balaban J connectivity index is 1.58. The largest absolute Gasteiger partial charge is 0.497 e. The molecule has 1 fully saturated rings. The average Bonchev–Trinajstić information content (AvgIpc) is 3.33. The van der Waals surface area contributed by atoms with Crippen LogP contribution in [0.15, 0.2) is 70.7 Å². The van der Waals surface area contributed by atoms with Crippen LogP contribution in [0.4, 0.5) is 0 Å². The lowest BCUT2D eigenvalue weighted by atomic mass is 10.1. The van der Waals surface area contributed by atoms with Crippen molar-refractivity contribution in [2.24, 2.45) is 0 Å². The lowest BCUT2D eigenvalue weighted by Gasteiger charge is -2.26. The number of piperidine rings is 1. The number of rotatable bonds is 6. The van der Waals surface area contributed by atoms with Crippen molar-refractivity contribution in [1.82, 2.24) is 19.4 Å². The summed E-state index contributed by atoms with van der Waals surface area (Å²) >= 11 is 1.31. The predicted octanol–water partition coefficient (Wildman–Crippen LogP) is 4.49. The van der Waals surface area contributed by atoms with Crippen molar-refractivity contribution in [3.05, 3.63) is 71.1 Å². The first-order valence-electron chi connectivity index (χ1n) is 11.4. The second kappa shape index (κ2) is 9.77. The minimum Gasteiger partial charge on any atom is -0.497 e. The summed E-state index contributed by atoms with van der Waals surface area (Å²) in [6.45, 7) is 1.60. The van der Waals surface area contributed by atoms with E-state index in [9.17, 15) is 9.59 Å². The number of H-pyrrole nitrogens is 1. The van der Waals surface area contributed by atoms with Crippen LogP contribution in [0.3, 0.4) is 0 Å². The van der Waals surface area contributed by atoms with Crippen molar-refractivity contribution in [3.8, 4) is 22.6 Å². The fraction of sp³-hybridized carbons (Fsp3) is 0.269. The van der Waals surface area contributed by atoms with Crippen molar-refractivity contribution < 1.29 is 9.53 Å². The minimum absolute atomic E-state index is 0.0812. The number of amides is 1. The number of likely N-dealkylation sites (tertiary alicyclic amines) is 1. The number of methoxy groups -OCH3 is 1. The van der Waals surface area contributed by atoms with Crippen molar-refractivity contribution in [1.29, 1.82) is 0 Å². The summed E-state index contributed by atoms with van der Waals surface area (Å²) in [5, 5.41) is 0.491. The highest BCUT2D eigenvalue weighted by molar-refractivity contribution is 7.99. The molecule has 0 spiro atoms. The van der Waals surface area contributed by atoms with E-state index in [1.165, 1.54) is 18.2 Å². The van der Waals surface area contributed by atoms with Crippen LogP contribution in [-0.2, 0) is 4.79 Å². The maximum Gasteiger partial charge on any atom is 0.283 e. The first kappa shape index (κ1) is 22.3. The molecule has 2 aromatic heterocycles. The van der Waals surface area contributed by atoms with E-state index in [2.05, 4.69) is 4.98 Å². The average molecular weight is 475 g/mol. The number of fused-ring (bicyclic) bond motifs is 1. The van der Waals surface area contributed by atoms with Gasteiger partial charge in [0.25, 0.3) is 5.56 Å². The highest BCUT2D eigenvalue weighted by Gasteiger charge is 2.21. The Kier molecular flexibility index (Phi) is 6.40. The van der Waals surface area contributed by atoms with Gasteiger partial charge in [0, 0.05) is 24.8 Å². The SMILES string of the molecule is COc1ccc(-n2c(SCC(=O)N3CCCCC3)nc3c(-c4ccccc4)c[nH]c3c2=O)cc1. The predicted molar refractivity (Wildman–Crippen MR) is 135 cm³/mol. The number of aromatic amines is 1. The number of carbonyl (C=O) groups is 1. The molecule has 7 nitrogen and oxygen atoms in total. The Morgan fingerprint density at radius 2 is 1.79 bits per heavy atom. The number of hydrogen-bond donors (Lipinski definition) is 1. The normalized spacial score (nSPS) is 13.9. The first-order chi connectivity index (χ1) is 16.7. The maximum atomic E-state index is 13.6. The minimum atomic E-state index is -0.203. The molecule has 3 heterocycles.